The first kappa shape index (κ1) is 37.3. The number of carbonyl (C=O) groups is 2. The number of hydrogen-bond acceptors (Lipinski definition) is 5. The van der Waals surface area contributed by atoms with Crippen LogP contribution in [0.3, 0.4) is 0 Å². The molecule has 8 rings (SSSR count). The molecule has 0 aliphatic rings. The number of aromatic nitrogens is 3. The molecule has 0 saturated heterocycles. The van der Waals surface area contributed by atoms with E-state index in [-0.39, 0.29) is 24.5 Å². The number of nitrogens with zero attached hydrogens (tertiary/aromatic N) is 3. The molecule has 2 amide bonds. The first-order valence-electron chi connectivity index (χ1n) is 17.4. The summed E-state index contributed by atoms with van der Waals surface area (Å²) in [5, 5.41) is 9.33. The van der Waals surface area contributed by atoms with Crippen molar-refractivity contribution in [1.82, 2.24) is 14.1 Å². The van der Waals surface area contributed by atoms with Crippen molar-refractivity contribution >= 4 is 56.3 Å². The van der Waals surface area contributed by atoms with Crippen LogP contribution in [0.2, 0.25) is 0 Å². The number of anilines is 2. The number of furan rings is 1. The zero-order valence-corrected chi connectivity index (χ0v) is 30.5. The number of fused-ring (bicyclic) bond motifs is 2. The van der Waals surface area contributed by atoms with Gasteiger partial charge in [-0.25, -0.2) is 4.98 Å². The van der Waals surface area contributed by atoms with Gasteiger partial charge in [-0.15, -0.1) is 11.3 Å². The second kappa shape index (κ2) is 14.5. The molecular weight excluding hydrogens is 769 g/mol. The maximum absolute atomic E-state index is 13.6. The molecule has 0 bridgehead atoms. The van der Waals surface area contributed by atoms with Crippen molar-refractivity contribution in [3.8, 4) is 10.6 Å². The maximum atomic E-state index is 13.6. The van der Waals surface area contributed by atoms with Gasteiger partial charge in [-0.05, 0) is 72.6 Å². The van der Waals surface area contributed by atoms with Gasteiger partial charge in [0, 0.05) is 52.8 Å². The summed E-state index contributed by atoms with van der Waals surface area (Å²) in [6, 6.07) is 24.3. The molecule has 2 N–H and O–H groups in total. The number of aryl methyl sites for hydroxylation is 1. The van der Waals surface area contributed by atoms with Gasteiger partial charge in [-0.2, -0.15) is 26.3 Å². The summed E-state index contributed by atoms with van der Waals surface area (Å²) in [6.07, 6.45) is -4.05. The van der Waals surface area contributed by atoms with Gasteiger partial charge in [0.2, 0.25) is 0 Å². The Labute approximate surface area is 324 Å². The summed E-state index contributed by atoms with van der Waals surface area (Å²) in [7, 11) is 0. The zero-order valence-electron chi connectivity index (χ0n) is 29.7. The monoisotopic (exact) mass is 797 g/mol. The van der Waals surface area contributed by atoms with Gasteiger partial charge in [-0.1, -0.05) is 42.5 Å². The van der Waals surface area contributed by atoms with Gasteiger partial charge in [0.25, 0.3) is 11.8 Å². The van der Waals surface area contributed by atoms with E-state index in [9.17, 15) is 35.9 Å². The predicted molar refractivity (Wildman–Crippen MR) is 205 cm³/mol. The zero-order chi connectivity index (χ0) is 40.1. The number of halogens is 6. The van der Waals surface area contributed by atoms with Gasteiger partial charge in [-0.3, -0.25) is 9.59 Å². The minimum absolute atomic E-state index is 0.132. The average Bonchev–Trinajstić information content (AvgIpc) is 3.98. The molecule has 288 valence electrons. The summed E-state index contributed by atoms with van der Waals surface area (Å²) >= 11 is 1.24. The molecular formula is C42H29F6N5O3S. The van der Waals surface area contributed by atoms with Gasteiger partial charge in [0.1, 0.15) is 10.7 Å². The second-order valence-electron chi connectivity index (χ2n) is 13.4. The third-order valence-corrected chi connectivity index (χ3v) is 10.4. The number of hydrogen-bond donors (Lipinski definition) is 2. The molecule has 0 aliphatic carbocycles. The molecule has 8 aromatic rings. The van der Waals surface area contributed by atoms with Crippen LogP contribution in [0.5, 0.6) is 0 Å². The van der Waals surface area contributed by atoms with Crippen molar-refractivity contribution < 1.29 is 40.3 Å². The van der Waals surface area contributed by atoms with Crippen molar-refractivity contribution in [3.05, 3.63) is 160 Å². The summed E-state index contributed by atoms with van der Waals surface area (Å²) in [6.45, 7) is 2.22. The predicted octanol–water partition coefficient (Wildman–Crippen LogP) is 11.3. The van der Waals surface area contributed by atoms with Crippen LogP contribution in [-0.4, -0.2) is 25.9 Å². The van der Waals surface area contributed by atoms with Crippen LogP contribution in [0, 0.1) is 6.92 Å². The minimum Gasteiger partial charge on any atom is -0.459 e. The highest BCUT2D eigenvalue weighted by atomic mass is 32.1. The average molecular weight is 798 g/mol. The summed E-state index contributed by atoms with van der Waals surface area (Å²) in [4.78, 5) is 31.4. The molecule has 4 heterocycles. The highest BCUT2D eigenvalue weighted by molar-refractivity contribution is 7.13. The lowest BCUT2D eigenvalue weighted by Crippen LogP contribution is -2.12. The molecule has 0 unspecified atom stereocenters. The summed E-state index contributed by atoms with van der Waals surface area (Å²) < 4.78 is 88.0. The molecule has 0 aliphatic heterocycles. The molecule has 0 atom stereocenters. The van der Waals surface area contributed by atoms with E-state index in [1.54, 1.807) is 30.8 Å². The number of amides is 2. The molecule has 0 spiro atoms. The fourth-order valence-electron chi connectivity index (χ4n) is 6.61. The van der Waals surface area contributed by atoms with Crippen LogP contribution >= 0.6 is 11.3 Å². The number of nitrogens with one attached hydrogen (secondary N) is 2. The third kappa shape index (κ3) is 7.65. The van der Waals surface area contributed by atoms with E-state index >= 15 is 0 Å². The quantitative estimate of drug-likeness (QED) is 0.142. The third-order valence-electron chi connectivity index (χ3n) is 9.49. The minimum atomic E-state index is -4.46. The van der Waals surface area contributed by atoms with Crippen molar-refractivity contribution in [2.24, 2.45) is 0 Å². The lowest BCUT2D eigenvalue weighted by molar-refractivity contribution is -0.138. The lowest BCUT2D eigenvalue weighted by Gasteiger charge is -2.09. The first-order valence-corrected chi connectivity index (χ1v) is 18.2. The topological polar surface area (TPSA) is 94.1 Å². The fraction of sp³-hybridized carbons (Fsp3) is 0.119. The number of rotatable bonds is 9. The Morgan fingerprint density at radius 3 is 1.84 bits per heavy atom. The van der Waals surface area contributed by atoms with Crippen LogP contribution in [0.15, 0.2) is 126 Å². The van der Waals surface area contributed by atoms with Crippen molar-refractivity contribution in [2.45, 2.75) is 32.4 Å². The van der Waals surface area contributed by atoms with Gasteiger partial charge >= 0.3 is 12.4 Å². The number of alkyl halides is 6. The Kier molecular flexibility index (Phi) is 9.48. The highest BCUT2D eigenvalue weighted by Crippen LogP contribution is 2.35. The summed E-state index contributed by atoms with van der Waals surface area (Å²) in [5.41, 5.74) is 3.60. The Morgan fingerprint density at radius 2 is 1.26 bits per heavy atom. The van der Waals surface area contributed by atoms with E-state index in [2.05, 4.69) is 15.6 Å². The van der Waals surface area contributed by atoms with E-state index < -0.39 is 35.3 Å². The lowest BCUT2D eigenvalue weighted by atomic mass is 10.1. The Morgan fingerprint density at radius 1 is 0.702 bits per heavy atom. The van der Waals surface area contributed by atoms with E-state index in [1.165, 1.54) is 41.9 Å². The molecule has 4 aromatic heterocycles. The van der Waals surface area contributed by atoms with Gasteiger partial charge in [0.15, 0.2) is 5.76 Å². The molecule has 0 fully saturated rings. The normalized spacial score (nSPS) is 12.1. The molecule has 15 heteroatoms. The Hall–Kier alpha value is -6.61. The largest absolute Gasteiger partial charge is 0.459 e. The van der Waals surface area contributed by atoms with Crippen LogP contribution in [0.1, 0.15) is 48.9 Å². The number of para-hydroxylation sites is 1. The van der Waals surface area contributed by atoms with Crippen LogP contribution in [0.4, 0.5) is 37.7 Å². The smallest absolute Gasteiger partial charge is 0.416 e. The highest BCUT2D eigenvalue weighted by Gasteiger charge is 2.31. The molecule has 0 radical (unpaired) electrons. The van der Waals surface area contributed by atoms with E-state index in [4.69, 9.17) is 4.42 Å². The Balaban J connectivity index is 1.06. The summed E-state index contributed by atoms with van der Waals surface area (Å²) in [5.74, 6) is -0.820. The van der Waals surface area contributed by atoms with E-state index in [0.717, 1.165) is 35.2 Å². The fourth-order valence-corrected chi connectivity index (χ4v) is 7.41. The van der Waals surface area contributed by atoms with Crippen molar-refractivity contribution in [1.29, 1.82) is 0 Å². The van der Waals surface area contributed by atoms with Crippen LogP contribution in [-0.2, 0) is 25.4 Å². The van der Waals surface area contributed by atoms with Gasteiger partial charge < -0.3 is 24.2 Å². The van der Waals surface area contributed by atoms with Crippen molar-refractivity contribution in [2.75, 3.05) is 10.6 Å². The first-order chi connectivity index (χ1) is 27.2. The molecule has 57 heavy (non-hydrogen) atoms. The van der Waals surface area contributed by atoms with Crippen LogP contribution in [0.25, 0.3) is 32.4 Å². The second-order valence-corrected chi connectivity index (χ2v) is 14.2. The SMILES string of the molecule is Cc1ccoc1C(=O)Nc1cn(Cc2ccc(C(F)(F)F)cc2)c2ccc(-c3nc(C(=O)Nc4cn(Cc5ccc(C(F)(F)F)cc5)c5ccccc45)cs3)cc12. The maximum Gasteiger partial charge on any atom is 0.416 e. The Bertz CT molecular complexity index is 2780. The van der Waals surface area contributed by atoms with Gasteiger partial charge in [0.05, 0.1) is 39.8 Å². The molecule has 4 aromatic carbocycles. The molecule has 0 saturated carbocycles. The number of benzene rings is 4. The standard InChI is InChI=1S/C42H29F6N5O3S/c1-24-16-17-56-37(24)39(55)50-33-22-53(20-26-8-13-29(14-9-26)42(46,47)48)36-15-10-27(18-31(33)36)40-51-34(23-57-40)38(54)49-32-21-52(35-5-3-2-4-30(32)35)19-25-6-11-28(12-7-25)41(43,44)45/h2-18,21-23H,19-20H2,1H3,(H,49,54)(H,50,55). The van der Waals surface area contributed by atoms with E-state index in [1.807, 2.05) is 51.6 Å². The number of thiazole rings is 1. The van der Waals surface area contributed by atoms with Crippen LogP contribution < -0.4 is 10.6 Å². The molecule has 8 nitrogen and oxygen atoms in total. The van der Waals surface area contributed by atoms with E-state index in [0.29, 0.717) is 49.5 Å². The number of carbonyl (C=O) groups excluding carboxylic acids is 2. The van der Waals surface area contributed by atoms with Crippen molar-refractivity contribution in [3.63, 3.8) is 0 Å².